The van der Waals surface area contributed by atoms with Gasteiger partial charge in [-0.25, -0.2) is 9.97 Å². The maximum absolute atomic E-state index is 5.34. The van der Waals surface area contributed by atoms with Gasteiger partial charge >= 0.3 is 0 Å². The third-order valence-electron chi connectivity index (χ3n) is 8.67. The highest BCUT2D eigenvalue weighted by Crippen LogP contribution is 2.42. The Morgan fingerprint density at radius 3 is 1.68 bits per heavy atom. The van der Waals surface area contributed by atoms with E-state index in [-0.39, 0.29) is 0 Å². The second-order valence-corrected chi connectivity index (χ2v) is 11.7. The molecule has 0 N–H and O–H groups in total. The van der Waals surface area contributed by atoms with Crippen molar-refractivity contribution in [1.29, 1.82) is 0 Å². The molecule has 0 fully saturated rings. The van der Waals surface area contributed by atoms with Crippen molar-refractivity contribution >= 4 is 67.0 Å². The molecule has 0 radical (unpaired) electrons. The first-order chi connectivity index (χ1) is 21.7. The summed E-state index contributed by atoms with van der Waals surface area (Å²) in [6, 6.07) is 51.0. The highest BCUT2D eigenvalue weighted by atomic mass is 32.1. The molecular weight excluding hydrogens is 555 g/mol. The van der Waals surface area contributed by atoms with E-state index in [2.05, 4.69) is 120 Å². The van der Waals surface area contributed by atoms with E-state index < -0.39 is 0 Å². The molecule has 0 unspecified atom stereocenters. The lowest BCUT2D eigenvalue weighted by atomic mass is 10.00. The summed E-state index contributed by atoms with van der Waals surface area (Å²) in [6.07, 6.45) is 0. The molecule has 0 bridgehead atoms. The molecule has 2 heterocycles. The van der Waals surface area contributed by atoms with Crippen LogP contribution in [0, 0.1) is 0 Å². The van der Waals surface area contributed by atoms with Gasteiger partial charge in [0.25, 0.3) is 0 Å². The van der Waals surface area contributed by atoms with Crippen molar-refractivity contribution < 1.29 is 0 Å². The Labute approximate surface area is 259 Å². The van der Waals surface area contributed by atoms with Crippen molar-refractivity contribution in [3.05, 3.63) is 146 Å². The van der Waals surface area contributed by atoms with Crippen molar-refractivity contribution in [2.24, 2.45) is 0 Å². The summed E-state index contributed by atoms with van der Waals surface area (Å²) in [5.41, 5.74) is 7.93. The van der Waals surface area contributed by atoms with E-state index in [4.69, 9.17) is 22.6 Å². The van der Waals surface area contributed by atoms with Gasteiger partial charge in [0, 0.05) is 21.2 Å². The van der Waals surface area contributed by atoms with Crippen LogP contribution in [0.5, 0.6) is 0 Å². The van der Waals surface area contributed by atoms with E-state index in [0.29, 0.717) is 0 Å². The van der Waals surface area contributed by atoms with Gasteiger partial charge in [-0.2, -0.15) is 0 Å². The molecule has 2 aromatic heterocycles. The van der Waals surface area contributed by atoms with E-state index in [0.717, 1.165) is 55.2 Å². The minimum Gasteiger partial charge on any atom is -0.292 e. The summed E-state index contributed by atoms with van der Waals surface area (Å²) in [4.78, 5) is 11.5. The highest BCUT2D eigenvalue weighted by Gasteiger charge is 2.22. The van der Waals surface area contributed by atoms with E-state index >= 15 is 0 Å². The lowest BCUT2D eigenvalue weighted by molar-refractivity contribution is 1.08. The van der Waals surface area contributed by atoms with Crippen LogP contribution in [0.2, 0.25) is 0 Å². The molecule has 0 amide bonds. The second-order valence-electron chi connectivity index (χ2n) is 11.2. The van der Waals surface area contributed by atoms with Gasteiger partial charge in [0.2, 0.25) is 0 Å². The predicted molar refractivity (Wildman–Crippen MR) is 187 cm³/mol. The summed E-state index contributed by atoms with van der Waals surface area (Å²) >= 11 is 4.96. The average Bonchev–Trinajstić information content (AvgIpc) is 3.43. The molecule has 0 aliphatic carbocycles. The largest absolute Gasteiger partial charge is 0.292 e. The fraction of sp³-hybridized carbons (Fsp3) is 0. The Morgan fingerprint density at radius 2 is 1.05 bits per heavy atom. The third kappa shape index (κ3) is 3.78. The summed E-state index contributed by atoms with van der Waals surface area (Å²) < 4.78 is 2.31. The molecule has 7 aromatic carbocycles. The van der Waals surface area contributed by atoms with E-state index in [1.54, 1.807) is 0 Å². The van der Waals surface area contributed by atoms with Crippen LogP contribution in [-0.4, -0.2) is 14.5 Å². The molecule has 0 spiro atoms. The van der Waals surface area contributed by atoms with Crippen molar-refractivity contribution in [3.63, 3.8) is 0 Å². The van der Waals surface area contributed by atoms with Crippen LogP contribution in [0.25, 0.3) is 82.6 Å². The molecule has 0 saturated heterocycles. The SMILES string of the molecule is Sc1cc(-c2nc3ccccc3nc2-n2c3ccc4ccccc4c3c3c4ccccc4ccc32)ccc1-c1ccccc1. The van der Waals surface area contributed by atoms with Crippen molar-refractivity contribution in [1.82, 2.24) is 14.5 Å². The molecule has 0 aliphatic heterocycles. The maximum atomic E-state index is 5.34. The fourth-order valence-electron chi connectivity index (χ4n) is 6.66. The highest BCUT2D eigenvalue weighted by molar-refractivity contribution is 7.80. The molecule has 4 heteroatoms. The van der Waals surface area contributed by atoms with E-state index in [1.165, 1.54) is 32.3 Å². The zero-order chi connectivity index (χ0) is 29.2. The van der Waals surface area contributed by atoms with E-state index in [9.17, 15) is 0 Å². The molecule has 9 rings (SSSR count). The summed E-state index contributed by atoms with van der Waals surface area (Å²) in [7, 11) is 0. The Morgan fingerprint density at radius 1 is 0.477 bits per heavy atom. The number of hydrogen-bond acceptors (Lipinski definition) is 3. The predicted octanol–water partition coefficient (Wildman–Crippen LogP) is 10.7. The summed E-state index contributed by atoms with van der Waals surface area (Å²) in [5.74, 6) is 0.800. The number of rotatable bonds is 3. The number of para-hydroxylation sites is 2. The Kier molecular flexibility index (Phi) is 5.59. The zero-order valence-corrected chi connectivity index (χ0v) is 24.5. The van der Waals surface area contributed by atoms with Crippen molar-refractivity contribution in [2.45, 2.75) is 4.90 Å². The van der Waals surface area contributed by atoms with Crippen LogP contribution in [0.4, 0.5) is 0 Å². The van der Waals surface area contributed by atoms with Crippen LogP contribution in [0.3, 0.4) is 0 Å². The smallest absolute Gasteiger partial charge is 0.165 e. The second kappa shape index (κ2) is 9.80. The number of fused-ring (bicyclic) bond motifs is 8. The minimum absolute atomic E-state index is 0.800. The van der Waals surface area contributed by atoms with Gasteiger partial charge in [0.05, 0.1) is 22.1 Å². The summed E-state index contributed by atoms with van der Waals surface area (Å²) in [6.45, 7) is 0. The van der Waals surface area contributed by atoms with Gasteiger partial charge in [0.15, 0.2) is 5.82 Å². The Hall–Kier alpha value is -5.45. The van der Waals surface area contributed by atoms with Gasteiger partial charge in [-0.15, -0.1) is 12.6 Å². The number of hydrogen-bond donors (Lipinski definition) is 1. The van der Waals surface area contributed by atoms with Crippen LogP contribution in [0.15, 0.2) is 150 Å². The molecule has 9 aromatic rings. The van der Waals surface area contributed by atoms with Gasteiger partial charge in [0.1, 0.15) is 5.69 Å². The quantitative estimate of drug-likeness (QED) is 0.211. The monoisotopic (exact) mass is 579 g/mol. The first kappa shape index (κ1) is 25.1. The third-order valence-corrected chi connectivity index (χ3v) is 9.04. The van der Waals surface area contributed by atoms with Gasteiger partial charge in [-0.05, 0) is 63.0 Å². The normalized spacial score (nSPS) is 11.8. The van der Waals surface area contributed by atoms with Crippen LogP contribution >= 0.6 is 12.6 Å². The standard InChI is InChI=1S/C40H25N3S/c44-36-24-28(18-21-29(36)25-10-2-1-3-11-25)39-40(42-33-17-9-8-16-32(33)41-39)43-34-22-19-26-12-4-6-14-30(26)37(34)38-31-15-7-5-13-27(31)20-23-35(38)43/h1-24,44H. The number of aromatic nitrogens is 3. The number of benzene rings is 7. The Balaban J connectivity index is 1.41. The topological polar surface area (TPSA) is 30.7 Å². The summed E-state index contributed by atoms with van der Waals surface area (Å²) in [5, 5.41) is 7.34. The molecule has 3 nitrogen and oxygen atoms in total. The first-order valence-corrected chi connectivity index (χ1v) is 15.2. The van der Waals surface area contributed by atoms with Gasteiger partial charge in [-0.1, -0.05) is 115 Å². The van der Waals surface area contributed by atoms with Gasteiger partial charge in [-0.3, -0.25) is 4.57 Å². The van der Waals surface area contributed by atoms with Crippen molar-refractivity contribution in [3.8, 4) is 28.2 Å². The average molecular weight is 580 g/mol. The fourth-order valence-corrected chi connectivity index (χ4v) is 7.00. The molecule has 44 heavy (non-hydrogen) atoms. The van der Waals surface area contributed by atoms with Crippen LogP contribution in [-0.2, 0) is 0 Å². The number of nitrogens with zero attached hydrogens (tertiary/aromatic N) is 3. The van der Waals surface area contributed by atoms with Crippen LogP contribution in [0.1, 0.15) is 0 Å². The molecular formula is C40H25N3S. The molecule has 0 atom stereocenters. The lowest BCUT2D eigenvalue weighted by Gasteiger charge is -2.15. The number of thiol groups is 1. The van der Waals surface area contributed by atoms with Gasteiger partial charge < -0.3 is 0 Å². The first-order valence-electron chi connectivity index (χ1n) is 14.7. The lowest BCUT2D eigenvalue weighted by Crippen LogP contribution is -2.04. The van der Waals surface area contributed by atoms with Crippen molar-refractivity contribution in [2.75, 3.05) is 0 Å². The van der Waals surface area contributed by atoms with E-state index in [1.807, 2.05) is 30.3 Å². The maximum Gasteiger partial charge on any atom is 0.165 e. The Bertz CT molecular complexity index is 2470. The molecule has 0 saturated carbocycles. The minimum atomic E-state index is 0.800. The molecule has 206 valence electrons. The van der Waals surface area contributed by atoms with Crippen LogP contribution < -0.4 is 0 Å². The molecule has 0 aliphatic rings. The zero-order valence-electron chi connectivity index (χ0n) is 23.6.